The van der Waals surface area contributed by atoms with E-state index in [1.165, 1.54) is 42.0 Å². The molecule has 12 aromatic heterocycles. The molecular formula is C65H69F4N29O27P6S6. The molecule has 0 spiro atoms. The first kappa shape index (κ1) is 97.2. The molecule has 0 radical (unpaired) electrons. The van der Waals surface area contributed by atoms with Crippen LogP contribution in [0.3, 0.4) is 0 Å². The molecule has 21 heterocycles. The van der Waals surface area contributed by atoms with Crippen LogP contribution in [0.25, 0.3) is 66.9 Å². The molecule has 6 unspecified atom stereocenters. The van der Waals surface area contributed by atoms with Crippen molar-refractivity contribution in [3.8, 4) is 24.7 Å². The first-order valence-corrected chi connectivity index (χ1v) is 55.2. The van der Waals surface area contributed by atoms with Crippen LogP contribution >= 0.6 is 52.6 Å². The van der Waals surface area contributed by atoms with Crippen molar-refractivity contribution in [2.24, 2.45) is 0 Å². The lowest BCUT2D eigenvalue weighted by molar-refractivity contribution is -0.0903. The van der Waals surface area contributed by atoms with Gasteiger partial charge in [-0.3, -0.25) is 65.6 Å². The van der Waals surface area contributed by atoms with Crippen LogP contribution in [-0.4, -0.2) is 275 Å². The van der Waals surface area contributed by atoms with Crippen LogP contribution in [0, 0.1) is 24.7 Å². The fraction of sp³-hybridized carbons (Fsp3) is 0.462. The minimum Gasteiger partial charge on any atom is -0.398 e. The van der Waals surface area contributed by atoms with E-state index in [0.717, 1.165) is 14.0 Å². The minimum atomic E-state index is -4.39. The summed E-state index contributed by atoms with van der Waals surface area (Å²) in [6.07, 6.45) is -10.5. The second-order valence-electron chi connectivity index (χ2n) is 31.0. The number of terminal acetylenes is 2. The van der Waals surface area contributed by atoms with Gasteiger partial charge >= 0.3 is 40.4 Å². The quantitative estimate of drug-likeness (QED) is 0.0479. The number of nitrogens with two attached hydrogens (primary N) is 6. The number of nitrogen functional groups attached to an aromatic ring is 6. The monoisotopic (exact) mass is 2140 g/mol. The first-order chi connectivity index (χ1) is 64.9. The van der Waals surface area contributed by atoms with Crippen molar-refractivity contribution in [1.29, 1.82) is 0 Å². The molecule has 12 aromatic rings. The molecule has 56 nitrogen and oxygen atoms in total. The average Bonchev–Trinajstić information content (AvgIpc) is 1.62. The predicted octanol–water partition coefficient (Wildman–Crippen LogP) is 1.07. The number of rotatable bonds is 6. The largest absolute Gasteiger partial charge is 0.398 e. The summed E-state index contributed by atoms with van der Waals surface area (Å²) in [7, 11) is 0. The van der Waals surface area contributed by atoms with Crippen LogP contribution in [0.4, 0.5) is 52.5 Å². The van der Waals surface area contributed by atoms with Gasteiger partial charge in [0.1, 0.15) is 90.2 Å². The lowest BCUT2D eigenvalue weighted by atomic mass is 9.99. The number of halogens is 4. The third-order valence-corrected chi connectivity index (χ3v) is 31.8. The highest BCUT2D eigenvalue weighted by Crippen LogP contribution is 2.62. The Labute approximate surface area is 790 Å². The Morgan fingerprint density at radius 2 is 0.796 bits per heavy atom. The fourth-order valence-electron chi connectivity index (χ4n) is 16.1. The summed E-state index contributed by atoms with van der Waals surface area (Å²) in [6.45, 7) is -30.0. The number of thiol groups is 1. The average molecular weight is 2140 g/mol. The highest BCUT2D eigenvalue weighted by molar-refractivity contribution is 8.44. The van der Waals surface area contributed by atoms with Crippen molar-refractivity contribution >= 4 is 213 Å². The normalized spacial score (nSPS) is 37.2. The number of anilines is 6. The number of nitrogens with zero attached hydrogens (tertiary/aromatic N) is 20. The van der Waals surface area contributed by atoms with Gasteiger partial charge in [-0.1, -0.05) is 39.7 Å². The van der Waals surface area contributed by atoms with Crippen LogP contribution in [-0.2, 0) is 146 Å². The topological polar surface area (TPSA) is 749 Å². The van der Waals surface area contributed by atoms with Gasteiger partial charge in [0.25, 0.3) is 16.7 Å². The third kappa shape index (κ3) is 18.7. The van der Waals surface area contributed by atoms with Crippen LogP contribution in [0.1, 0.15) is 50.2 Å². The Hall–Kier alpha value is -8.68. The third-order valence-electron chi connectivity index (χ3n) is 22.5. The van der Waals surface area contributed by atoms with Crippen molar-refractivity contribution in [3.05, 3.63) is 92.8 Å². The van der Waals surface area contributed by atoms with Crippen molar-refractivity contribution in [1.82, 2.24) is 114 Å². The maximum absolute atomic E-state index is 16.0. The molecule has 137 heavy (non-hydrogen) atoms. The summed E-state index contributed by atoms with van der Waals surface area (Å²) in [5.41, 5.74) is 30.9. The van der Waals surface area contributed by atoms with Gasteiger partial charge < -0.3 is 119 Å². The summed E-state index contributed by atoms with van der Waals surface area (Å²) in [4.78, 5) is 132. The summed E-state index contributed by atoms with van der Waals surface area (Å²) in [5.74, 6) is 4.05. The van der Waals surface area contributed by atoms with Gasteiger partial charge in [0.2, 0.25) is 17.8 Å². The number of fused-ring (bicyclic) bond motifs is 15. The van der Waals surface area contributed by atoms with Gasteiger partial charge in [0.05, 0.1) is 63.7 Å². The van der Waals surface area contributed by atoms with E-state index >= 15 is 17.6 Å². The van der Waals surface area contributed by atoms with Crippen LogP contribution in [0.15, 0.2) is 76.1 Å². The molecule has 72 heteroatoms. The number of alkyl halides is 4. The number of pyridine rings is 3. The van der Waals surface area contributed by atoms with E-state index in [1.54, 1.807) is 33.4 Å². The Morgan fingerprint density at radius 1 is 0.438 bits per heavy atom. The number of hydrogen-bond donors (Lipinski definition) is 15. The smallest absolute Gasteiger partial charge is 0.386 e. The lowest BCUT2D eigenvalue weighted by Crippen LogP contribution is -2.43. The second-order valence-corrected chi connectivity index (χ2v) is 47.8. The summed E-state index contributed by atoms with van der Waals surface area (Å²) in [6, 6.07) is 6.36. The molecule has 6 bridgehead atoms. The number of imidazole rings is 2. The van der Waals surface area contributed by atoms with E-state index in [-0.39, 0.29) is 64.2 Å². The molecule has 730 valence electrons. The number of H-pyrrole nitrogens is 3. The Morgan fingerprint density at radius 3 is 1.21 bits per heavy atom. The highest BCUT2D eigenvalue weighted by Gasteiger charge is 2.61. The Bertz CT molecular complexity index is 7130. The number of aromatic nitrogens is 23. The van der Waals surface area contributed by atoms with Crippen molar-refractivity contribution in [2.45, 2.75) is 147 Å². The van der Waals surface area contributed by atoms with Gasteiger partial charge in [0, 0.05) is 48.7 Å². The van der Waals surface area contributed by atoms with Gasteiger partial charge in [-0.25, -0.2) is 47.0 Å². The Balaban J connectivity index is 0.000000132. The maximum atomic E-state index is 16.0. The van der Waals surface area contributed by atoms with E-state index in [2.05, 4.69) is 110 Å². The molecule has 0 aliphatic carbocycles. The number of hydrogen-bond acceptors (Lipinski definition) is 47. The van der Waals surface area contributed by atoms with Crippen LogP contribution in [0.2, 0.25) is 0 Å². The van der Waals surface area contributed by atoms with Crippen LogP contribution in [0.5, 0.6) is 0 Å². The number of aromatic amines is 3. The lowest BCUT2D eigenvalue weighted by Gasteiger charge is -2.32. The first-order valence-electron chi connectivity index (χ1n) is 39.5. The maximum Gasteiger partial charge on any atom is 0.386 e. The van der Waals surface area contributed by atoms with E-state index < -0.39 is 231 Å². The van der Waals surface area contributed by atoms with Crippen molar-refractivity contribution in [2.75, 3.05) is 74.0 Å². The van der Waals surface area contributed by atoms with Crippen LogP contribution < -0.4 is 51.1 Å². The molecule has 9 aliphatic rings. The van der Waals surface area contributed by atoms with E-state index in [4.69, 9.17) is 189 Å². The molecule has 9 saturated heterocycles. The number of nitrogens with one attached hydrogen (secondary N) is 3. The zero-order valence-electron chi connectivity index (χ0n) is 68.4. The molecule has 9 aliphatic heterocycles. The molecule has 0 aromatic carbocycles. The summed E-state index contributed by atoms with van der Waals surface area (Å²) < 4.78 is 187. The predicted molar refractivity (Wildman–Crippen MR) is 481 cm³/mol. The molecule has 21 rings (SSSR count). The molecule has 0 saturated carbocycles. The number of ether oxygens (including phenoxy) is 6. The van der Waals surface area contributed by atoms with Crippen molar-refractivity contribution < 1.29 is 129 Å². The van der Waals surface area contributed by atoms with Gasteiger partial charge in [-0.15, -0.1) is 28.1 Å². The van der Waals surface area contributed by atoms with E-state index in [9.17, 15) is 43.4 Å². The summed E-state index contributed by atoms with van der Waals surface area (Å²) in [5, 5.41) is 23.3. The van der Waals surface area contributed by atoms with E-state index in [0.29, 0.717) is 50.4 Å². The standard InChI is InChI=1S/2C22H23FN10O9P2S2.C21H23F2N9O9P2S2/c2*1-2-22-7-38-44(36,46)42-16-13(23)10(39-20(16)33-18-15(30-31-33)19(34)29-21(25)28-18)6-37-43(35,45)41-11(22)5-12(40-22)32-8-27-14-9(24)3-4-26-17(14)32;22-11-9-5-36-42(34,44)40-14-10(39-19(12(14)23)31-4-2-7-8(24)1-3-26-16(7)31)6-37-43(35,45)41-15(11)20(38-9)32-17-13(29-30-32)18(33)28-21(25)27-17/h2*1,3-4,8,10-13,16,20H,5-7H2,(H2,24,26)(H,35,45)(H,36,46)(H3,25,28,29,34);1-4,9-12,14-15,19-20H,5-6H2,(H2,24,26)(H,34,44)(H,35,45)(H3,25,27,28,33)/t2*10-,11+,12-,13+,16-,20-,22-,43?,44?;9-,10-,11+,12+,14-,15-,19-,20-,42?,43?/m111/s1. The zero-order valence-corrected chi connectivity index (χ0v) is 78.8. The fourth-order valence-corrected chi connectivity index (χ4v) is 24.7. The van der Waals surface area contributed by atoms with Gasteiger partial charge in [0.15, 0.2) is 106 Å². The minimum absolute atomic E-state index is 0.0298. The molecule has 0 amide bonds. The van der Waals surface area contributed by atoms with Gasteiger partial charge in [-0.2, -0.15) is 29.0 Å². The molecular weight excluding hydrogens is 2070 g/mol. The molecule has 20 N–H and O–H groups in total. The molecule has 28 atom stereocenters. The van der Waals surface area contributed by atoms with Gasteiger partial charge in [-0.05, 0) is 83.3 Å². The highest BCUT2D eigenvalue weighted by atomic mass is 32.7. The van der Waals surface area contributed by atoms with Crippen molar-refractivity contribution in [3.63, 3.8) is 0 Å². The van der Waals surface area contributed by atoms with E-state index in [1.807, 2.05) is 0 Å². The summed E-state index contributed by atoms with van der Waals surface area (Å²) >= 11 is 30.1. The SMILES string of the molecule is C#C[C@@]12COP(O)(=S)O[C@@H]3[C@@H](F)[C@@H](COP(=O)(S)O[C@H]1C[C@H](n1cnc4c(N)ccnc41)O2)O[C@H]3n1nnc2c(=O)[nH]c(N)nc21.C#C[C@@]12COP(O)(=S)O[C@@H]3[C@@H](F)[C@@H](COP(O)(=S)O[C@H]1C[C@H](n1cnc4c(N)ccnc41)O2)O[C@H]3n1nnc2c(=O)[nH]c(N)nc21.Nc1nc2c(nnn2[C@@H]2O[C@@H]3COP(O)(=S)O[C@H]4[C@H](F)[C@H](n5ccc6c(N)ccnc65)O[C@@H]4COP(O)(=S)O[C@@H]2[C@H]3F)c(=O)[nH]1. The molecule has 9 fully saturated rings. The Kier molecular flexibility index (Phi) is 26.0. The zero-order chi connectivity index (χ0) is 97.0. The second kappa shape index (κ2) is 36.7.